The van der Waals surface area contributed by atoms with Gasteiger partial charge in [0.1, 0.15) is 5.52 Å². The van der Waals surface area contributed by atoms with Crippen molar-refractivity contribution >= 4 is 39.5 Å². The topological polar surface area (TPSA) is 68.8 Å². The Morgan fingerprint density at radius 2 is 1.76 bits per heavy atom. The highest BCUT2D eigenvalue weighted by Crippen LogP contribution is 2.32. The number of anilines is 1. The number of thioether (sulfide) groups is 1. The zero-order valence-corrected chi connectivity index (χ0v) is 18.0. The fraction of sp³-hybridized carbons (Fsp3) is 0.304. The van der Waals surface area contributed by atoms with Crippen LogP contribution in [-0.4, -0.2) is 26.3 Å². The van der Waals surface area contributed by atoms with Crippen LogP contribution in [0, 0.1) is 0 Å². The first-order chi connectivity index (χ1) is 14.1. The predicted octanol–water partition coefficient (Wildman–Crippen LogP) is 4.83. The first-order valence-electron chi connectivity index (χ1n) is 10.0. The number of hydrogen-bond donors (Lipinski definition) is 2. The van der Waals surface area contributed by atoms with Gasteiger partial charge in [0.2, 0.25) is 0 Å². The summed E-state index contributed by atoms with van der Waals surface area (Å²) >= 11 is 1.74. The van der Waals surface area contributed by atoms with Crippen molar-refractivity contribution in [1.82, 2.24) is 19.9 Å². The molecule has 0 aliphatic rings. The van der Waals surface area contributed by atoms with E-state index in [1.807, 2.05) is 18.2 Å². The van der Waals surface area contributed by atoms with E-state index in [-0.39, 0.29) is 0 Å². The number of nitrogens with two attached hydrogens (primary N) is 1. The Hall–Kier alpha value is -2.57. The number of pyridine rings is 1. The van der Waals surface area contributed by atoms with Crippen LogP contribution in [0.4, 0.5) is 5.82 Å². The van der Waals surface area contributed by atoms with Crippen LogP contribution in [0.3, 0.4) is 0 Å². The van der Waals surface area contributed by atoms with Crippen LogP contribution < -0.4 is 11.1 Å². The average Bonchev–Trinajstić information content (AvgIpc) is 3.07. The summed E-state index contributed by atoms with van der Waals surface area (Å²) in [4.78, 5) is 9.40. The SMILES string of the molecule is CCSc1nc2c(N)nc3ccccc3c2n1Cc1ccc(CNC(C)C)cc1. The van der Waals surface area contributed by atoms with Crippen molar-refractivity contribution in [2.24, 2.45) is 0 Å². The number of nitrogens with one attached hydrogen (secondary N) is 1. The van der Waals surface area contributed by atoms with Crippen LogP contribution in [0.2, 0.25) is 0 Å². The fourth-order valence-electron chi connectivity index (χ4n) is 3.49. The molecule has 2 aromatic carbocycles. The molecule has 4 rings (SSSR count). The van der Waals surface area contributed by atoms with E-state index in [2.05, 4.69) is 66.0 Å². The Morgan fingerprint density at radius 3 is 2.48 bits per heavy atom. The van der Waals surface area contributed by atoms with Gasteiger partial charge < -0.3 is 15.6 Å². The van der Waals surface area contributed by atoms with Gasteiger partial charge in [-0.3, -0.25) is 0 Å². The first-order valence-corrected chi connectivity index (χ1v) is 11.0. The van der Waals surface area contributed by atoms with Gasteiger partial charge in [0, 0.05) is 18.0 Å². The number of aromatic nitrogens is 3. The van der Waals surface area contributed by atoms with Crippen LogP contribution in [0.5, 0.6) is 0 Å². The second kappa shape index (κ2) is 8.43. The molecule has 0 spiro atoms. The summed E-state index contributed by atoms with van der Waals surface area (Å²) in [7, 11) is 0. The number of nitrogens with zero attached hydrogens (tertiary/aromatic N) is 3. The third-order valence-corrected chi connectivity index (χ3v) is 5.79. The molecule has 0 unspecified atom stereocenters. The van der Waals surface area contributed by atoms with Gasteiger partial charge in [-0.2, -0.15) is 0 Å². The Labute approximate surface area is 175 Å². The lowest BCUT2D eigenvalue weighted by molar-refractivity contribution is 0.588. The maximum atomic E-state index is 6.27. The third kappa shape index (κ3) is 4.09. The second-order valence-electron chi connectivity index (χ2n) is 7.48. The molecule has 0 atom stereocenters. The van der Waals surface area contributed by atoms with Crippen LogP contribution in [0.1, 0.15) is 31.9 Å². The van der Waals surface area contributed by atoms with Crippen LogP contribution in [0.15, 0.2) is 53.7 Å². The fourth-order valence-corrected chi connectivity index (χ4v) is 4.22. The number of imidazole rings is 1. The molecule has 0 aliphatic heterocycles. The summed E-state index contributed by atoms with van der Waals surface area (Å²) in [6.45, 7) is 8.11. The molecule has 6 heteroatoms. The van der Waals surface area contributed by atoms with E-state index in [0.29, 0.717) is 11.9 Å². The lowest BCUT2D eigenvalue weighted by Gasteiger charge is -2.12. The molecule has 2 aromatic heterocycles. The minimum Gasteiger partial charge on any atom is -0.382 e. The number of benzene rings is 2. The molecule has 0 bridgehead atoms. The summed E-state index contributed by atoms with van der Waals surface area (Å²) in [5.41, 5.74) is 11.6. The lowest BCUT2D eigenvalue weighted by atomic mass is 10.1. The average molecular weight is 406 g/mol. The van der Waals surface area contributed by atoms with Gasteiger partial charge in [-0.15, -0.1) is 0 Å². The second-order valence-corrected chi connectivity index (χ2v) is 8.71. The van der Waals surface area contributed by atoms with E-state index < -0.39 is 0 Å². The lowest BCUT2D eigenvalue weighted by Crippen LogP contribution is -2.21. The number of para-hydroxylation sites is 1. The molecule has 0 fully saturated rings. The predicted molar refractivity (Wildman–Crippen MR) is 123 cm³/mol. The smallest absolute Gasteiger partial charge is 0.169 e. The van der Waals surface area contributed by atoms with Crippen molar-refractivity contribution in [2.45, 2.75) is 45.1 Å². The van der Waals surface area contributed by atoms with E-state index in [1.165, 1.54) is 11.1 Å². The molecule has 150 valence electrons. The summed E-state index contributed by atoms with van der Waals surface area (Å²) < 4.78 is 2.28. The standard InChI is InChI=1S/C23H27N5S/c1-4-29-23-27-20-21(18-7-5-6-8-19(18)26-22(20)24)28(23)14-17-11-9-16(10-12-17)13-25-15(2)3/h5-12,15,25H,4,13-14H2,1-3H3,(H2,24,26). The van der Waals surface area contributed by atoms with Crippen molar-refractivity contribution in [3.8, 4) is 0 Å². The molecule has 5 nitrogen and oxygen atoms in total. The molecule has 0 aliphatic carbocycles. The largest absolute Gasteiger partial charge is 0.382 e. The van der Waals surface area contributed by atoms with Crippen LogP contribution in [0.25, 0.3) is 21.9 Å². The van der Waals surface area contributed by atoms with Gasteiger partial charge >= 0.3 is 0 Å². The van der Waals surface area contributed by atoms with Crippen molar-refractivity contribution in [1.29, 1.82) is 0 Å². The molecule has 2 heterocycles. The molecule has 3 N–H and O–H groups in total. The maximum Gasteiger partial charge on any atom is 0.169 e. The van der Waals surface area contributed by atoms with E-state index in [1.54, 1.807) is 11.8 Å². The zero-order chi connectivity index (χ0) is 20.4. The summed E-state index contributed by atoms with van der Waals surface area (Å²) in [5, 5.41) is 5.54. The van der Waals surface area contributed by atoms with Crippen LogP contribution in [-0.2, 0) is 13.1 Å². The molecule has 29 heavy (non-hydrogen) atoms. The van der Waals surface area contributed by atoms with E-state index in [4.69, 9.17) is 10.7 Å². The van der Waals surface area contributed by atoms with Crippen molar-refractivity contribution in [2.75, 3.05) is 11.5 Å². The van der Waals surface area contributed by atoms with Crippen molar-refractivity contribution < 1.29 is 0 Å². The van der Waals surface area contributed by atoms with Gasteiger partial charge in [0.15, 0.2) is 11.0 Å². The Kier molecular flexibility index (Phi) is 5.74. The first kappa shape index (κ1) is 19.7. The number of nitrogen functional groups attached to an aromatic ring is 1. The molecule has 0 saturated heterocycles. The molecular formula is C23H27N5S. The van der Waals surface area contributed by atoms with E-state index in [9.17, 15) is 0 Å². The molecule has 0 amide bonds. The maximum absolute atomic E-state index is 6.27. The molecular weight excluding hydrogens is 378 g/mol. The minimum absolute atomic E-state index is 0.480. The van der Waals surface area contributed by atoms with Gasteiger partial charge in [0.05, 0.1) is 17.6 Å². The van der Waals surface area contributed by atoms with Crippen LogP contribution >= 0.6 is 11.8 Å². The Balaban J connectivity index is 1.77. The zero-order valence-electron chi connectivity index (χ0n) is 17.1. The third-order valence-electron chi connectivity index (χ3n) is 4.93. The van der Waals surface area contributed by atoms with Gasteiger partial charge in [0.25, 0.3) is 0 Å². The number of rotatable bonds is 7. The number of fused-ring (bicyclic) bond motifs is 3. The van der Waals surface area contributed by atoms with Crippen molar-refractivity contribution in [3.63, 3.8) is 0 Å². The van der Waals surface area contributed by atoms with Gasteiger partial charge in [-0.25, -0.2) is 9.97 Å². The Bertz CT molecular complexity index is 1130. The van der Waals surface area contributed by atoms with Gasteiger partial charge in [-0.1, -0.05) is 75.0 Å². The normalized spacial score (nSPS) is 11.7. The number of hydrogen-bond acceptors (Lipinski definition) is 5. The highest BCUT2D eigenvalue weighted by molar-refractivity contribution is 7.99. The molecule has 0 radical (unpaired) electrons. The monoisotopic (exact) mass is 405 g/mol. The highest BCUT2D eigenvalue weighted by atomic mass is 32.2. The molecule has 4 aromatic rings. The highest BCUT2D eigenvalue weighted by Gasteiger charge is 2.17. The van der Waals surface area contributed by atoms with E-state index >= 15 is 0 Å². The van der Waals surface area contributed by atoms with Gasteiger partial charge in [-0.05, 0) is 22.9 Å². The minimum atomic E-state index is 0.480. The summed E-state index contributed by atoms with van der Waals surface area (Å²) in [5.74, 6) is 1.44. The van der Waals surface area contributed by atoms with E-state index in [0.717, 1.165) is 45.9 Å². The Morgan fingerprint density at radius 1 is 1.03 bits per heavy atom. The summed E-state index contributed by atoms with van der Waals surface area (Å²) in [6.07, 6.45) is 0. The summed E-state index contributed by atoms with van der Waals surface area (Å²) in [6, 6.07) is 17.4. The van der Waals surface area contributed by atoms with Crippen molar-refractivity contribution in [3.05, 3.63) is 59.7 Å². The molecule has 0 saturated carbocycles. The quantitative estimate of drug-likeness (QED) is 0.431.